The molecule has 0 spiro atoms. The minimum absolute atomic E-state index is 0.0627. The minimum atomic E-state index is 0.0627. The first kappa shape index (κ1) is 14.9. The molecule has 0 saturated heterocycles. The number of nitrogens with one attached hydrogen (secondary N) is 1. The number of carbonyl (C=O) groups excluding carboxylic acids is 1. The number of thioether (sulfide) groups is 1. The van der Waals surface area contributed by atoms with Gasteiger partial charge in [-0.05, 0) is 36.8 Å². The van der Waals surface area contributed by atoms with Gasteiger partial charge >= 0.3 is 0 Å². The first-order valence-electron chi connectivity index (χ1n) is 6.37. The minimum Gasteiger partial charge on any atom is -0.399 e. The van der Waals surface area contributed by atoms with Gasteiger partial charge in [-0.1, -0.05) is 19.4 Å². The van der Waals surface area contributed by atoms with Crippen molar-refractivity contribution in [2.75, 3.05) is 22.6 Å². The Morgan fingerprint density at radius 3 is 2.89 bits per heavy atom. The van der Waals surface area contributed by atoms with Crippen LogP contribution in [0.3, 0.4) is 0 Å². The molecule has 0 radical (unpaired) electrons. The number of aryl methyl sites for hydroxylation is 1. The molecule has 3 nitrogen and oxygen atoms in total. The van der Waals surface area contributed by atoms with E-state index in [2.05, 4.69) is 12.2 Å². The van der Waals surface area contributed by atoms with Crippen LogP contribution in [0.1, 0.15) is 31.7 Å². The summed E-state index contributed by atoms with van der Waals surface area (Å²) in [5.74, 6) is 2.08. The van der Waals surface area contributed by atoms with Gasteiger partial charge in [-0.15, -0.1) is 0 Å². The van der Waals surface area contributed by atoms with Crippen LogP contribution in [0, 0.1) is 6.92 Å². The molecule has 18 heavy (non-hydrogen) atoms. The fourth-order valence-corrected chi connectivity index (χ4v) is 2.53. The number of unbranched alkanes of at least 4 members (excludes halogenated alkanes) is 1. The quantitative estimate of drug-likeness (QED) is 0.587. The molecular weight excluding hydrogens is 244 g/mol. The summed E-state index contributed by atoms with van der Waals surface area (Å²) in [7, 11) is 0. The van der Waals surface area contributed by atoms with E-state index in [1.165, 1.54) is 12.8 Å². The Labute approximate surface area is 114 Å². The van der Waals surface area contributed by atoms with E-state index in [9.17, 15) is 4.79 Å². The molecule has 0 bridgehead atoms. The molecule has 0 aliphatic heterocycles. The van der Waals surface area contributed by atoms with Crippen LogP contribution in [-0.2, 0) is 4.79 Å². The van der Waals surface area contributed by atoms with Crippen LogP contribution < -0.4 is 11.1 Å². The Bertz CT molecular complexity index is 393. The van der Waals surface area contributed by atoms with Crippen molar-refractivity contribution < 1.29 is 4.79 Å². The number of hydrogen-bond acceptors (Lipinski definition) is 3. The van der Waals surface area contributed by atoms with Crippen molar-refractivity contribution in [1.29, 1.82) is 0 Å². The number of anilines is 2. The summed E-state index contributed by atoms with van der Waals surface area (Å²) in [4.78, 5) is 11.7. The van der Waals surface area contributed by atoms with Crippen LogP contribution in [-0.4, -0.2) is 17.4 Å². The maximum atomic E-state index is 11.7. The van der Waals surface area contributed by atoms with E-state index in [4.69, 9.17) is 5.73 Å². The third kappa shape index (κ3) is 5.45. The van der Waals surface area contributed by atoms with E-state index < -0.39 is 0 Å². The molecule has 0 aromatic heterocycles. The van der Waals surface area contributed by atoms with Gasteiger partial charge in [-0.3, -0.25) is 4.79 Å². The molecule has 3 N–H and O–H groups in total. The van der Waals surface area contributed by atoms with Gasteiger partial charge in [0.2, 0.25) is 5.91 Å². The number of hydrogen-bond donors (Lipinski definition) is 2. The second kappa shape index (κ2) is 8.03. The van der Waals surface area contributed by atoms with Crippen LogP contribution in [0.2, 0.25) is 0 Å². The lowest BCUT2D eigenvalue weighted by Crippen LogP contribution is -2.13. The van der Waals surface area contributed by atoms with Crippen molar-refractivity contribution in [3.05, 3.63) is 23.8 Å². The number of amides is 1. The van der Waals surface area contributed by atoms with Crippen LogP contribution in [0.4, 0.5) is 11.4 Å². The summed E-state index contributed by atoms with van der Waals surface area (Å²) in [5, 5.41) is 2.91. The second-order valence-corrected chi connectivity index (χ2v) is 5.56. The van der Waals surface area contributed by atoms with E-state index in [1.807, 2.05) is 30.8 Å². The maximum absolute atomic E-state index is 11.7. The number of carbonyl (C=O) groups is 1. The molecular formula is C14H22N2OS. The van der Waals surface area contributed by atoms with Crippen LogP contribution >= 0.6 is 11.8 Å². The van der Waals surface area contributed by atoms with Gasteiger partial charge in [-0.2, -0.15) is 11.8 Å². The molecule has 0 atom stereocenters. The van der Waals surface area contributed by atoms with Gasteiger partial charge < -0.3 is 11.1 Å². The van der Waals surface area contributed by atoms with E-state index in [1.54, 1.807) is 6.07 Å². The van der Waals surface area contributed by atoms with Gasteiger partial charge in [0.25, 0.3) is 0 Å². The molecule has 4 heteroatoms. The van der Waals surface area contributed by atoms with Gasteiger partial charge in [0.1, 0.15) is 0 Å². The summed E-state index contributed by atoms with van der Waals surface area (Å²) in [6.45, 7) is 4.14. The second-order valence-electron chi connectivity index (χ2n) is 4.34. The van der Waals surface area contributed by atoms with Gasteiger partial charge in [0.15, 0.2) is 0 Å². The fourth-order valence-electron chi connectivity index (χ4n) is 1.50. The van der Waals surface area contributed by atoms with E-state index >= 15 is 0 Å². The summed E-state index contributed by atoms with van der Waals surface area (Å²) in [6.07, 6.45) is 2.99. The highest BCUT2D eigenvalue weighted by Gasteiger charge is 2.05. The van der Waals surface area contributed by atoms with Gasteiger partial charge in [-0.25, -0.2) is 0 Å². The number of nitrogen functional groups attached to an aromatic ring is 1. The normalized spacial score (nSPS) is 10.3. The number of rotatable bonds is 7. The highest BCUT2D eigenvalue weighted by molar-refractivity contribution is 7.99. The Morgan fingerprint density at radius 1 is 1.39 bits per heavy atom. The Balaban J connectivity index is 2.33. The predicted molar refractivity (Wildman–Crippen MR) is 81.1 cm³/mol. The van der Waals surface area contributed by atoms with Crippen LogP contribution in [0.25, 0.3) is 0 Å². The van der Waals surface area contributed by atoms with Crippen LogP contribution in [0.5, 0.6) is 0 Å². The van der Waals surface area contributed by atoms with Gasteiger partial charge in [0, 0.05) is 23.5 Å². The first-order chi connectivity index (χ1) is 8.63. The summed E-state index contributed by atoms with van der Waals surface area (Å²) < 4.78 is 0. The van der Waals surface area contributed by atoms with Crippen molar-refractivity contribution in [3.8, 4) is 0 Å². The van der Waals surface area contributed by atoms with Crippen molar-refractivity contribution in [2.45, 2.75) is 33.1 Å². The Morgan fingerprint density at radius 2 is 2.17 bits per heavy atom. The monoisotopic (exact) mass is 266 g/mol. The lowest BCUT2D eigenvalue weighted by Gasteiger charge is -2.09. The zero-order valence-electron chi connectivity index (χ0n) is 11.2. The van der Waals surface area contributed by atoms with Crippen molar-refractivity contribution in [3.63, 3.8) is 0 Å². The highest BCUT2D eigenvalue weighted by atomic mass is 32.2. The molecule has 0 fully saturated rings. The molecule has 1 amide bonds. The lowest BCUT2D eigenvalue weighted by molar-refractivity contribution is -0.115. The average molecular weight is 266 g/mol. The molecule has 1 aromatic carbocycles. The predicted octanol–water partition coefficient (Wildman–Crippen LogP) is 3.44. The maximum Gasteiger partial charge on any atom is 0.225 e. The highest BCUT2D eigenvalue weighted by Crippen LogP contribution is 2.18. The summed E-state index contributed by atoms with van der Waals surface area (Å²) >= 11 is 1.84. The van der Waals surface area contributed by atoms with Crippen molar-refractivity contribution in [1.82, 2.24) is 0 Å². The molecule has 0 saturated carbocycles. The zero-order valence-corrected chi connectivity index (χ0v) is 12.0. The fraction of sp³-hybridized carbons (Fsp3) is 0.500. The smallest absolute Gasteiger partial charge is 0.225 e. The molecule has 1 rings (SSSR count). The van der Waals surface area contributed by atoms with E-state index in [0.29, 0.717) is 12.1 Å². The number of nitrogens with two attached hydrogens (primary N) is 1. The molecule has 0 aliphatic carbocycles. The van der Waals surface area contributed by atoms with E-state index in [0.717, 1.165) is 22.8 Å². The van der Waals surface area contributed by atoms with Gasteiger partial charge in [0.05, 0.1) is 0 Å². The SMILES string of the molecule is CCCCSCCC(=O)Nc1cc(N)ccc1C. The molecule has 0 unspecified atom stereocenters. The first-order valence-corrected chi connectivity index (χ1v) is 7.52. The van der Waals surface area contributed by atoms with Crippen molar-refractivity contribution in [2.24, 2.45) is 0 Å². The summed E-state index contributed by atoms with van der Waals surface area (Å²) in [6, 6.07) is 5.56. The largest absolute Gasteiger partial charge is 0.399 e. The Kier molecular flexibility index (Phi) is 6.65. The number of benzene rings is 1. The van der Waals surface area contributed by atoms with Crippen LogP contribution in [0.15, 0.2) is 18.2 Å². The molecule has 1 aromatic rings. The standard InChI is InChI=1S/C14H22N2OS/c1-3-4-8-18-9-7-14(17)16-13-10-12(15)6-5-11(13)2/h5-6,10H,3-4,7-9,15H2,1-2H3,(H,16,17). The zero-order chi connectivity index (χ0) is 13.4. The third-order valence-corrected chi connectivity index (χ3v) is 3.72. The molecule has 0 heterocycles. The average Bonchev–Trinajstić information content (AvgIpc) is 2.33. The Hall–Kier alpha value is -1.16. The third-order valence-electron chi connectivity index (χ3n) is 2.65. The van der Waals surface area contributed by atoms with E-state index in [-0.39, 0.29) is 5.91 Å². The summed E-state index contributed by atoms with van der Waals surface area (Å²) in [5.41, 5.74) is 8.23. The lowest BCUT2D eigenvalue weighted by atomic mass is 10.2. The van der Waals surface area contributed by atoms with Crippen molar-refractivity contribution >= 4 is 29.0 Å². The molecule has 100 valence electrons. The molecule has 0 aliphatic rings. The topological polar surface area (TPSA) is 55.1 Å².